The van der Waals surface area contributed by atoms with Gasteiger partial charge in [0.1, 0.15) is 5.82 Å². The van der Waals surface area contributed by atoms with Gasteiger partial charge in [0.2, 0.25) is 0 Å². The van der Waals surface area contributed by atoms with Crippen LogP contribution in [0, 0.1) is 19.7 Å². The van der Waals surface area contributed by atoms with Crippen LogP contribution >= 0.6 is 0 Å². The predicted molar refractivity (Wildman–Crippen MR) is 89.3 cm³/mol. The molecular weight excluding hydrogens is 309 g/mol. The number of benzene rings is 2. The van der Waals surface area contributed by atoms with E-state index in [-0.39, 0.29) is 18.3 Å². The second-order valence-electron chi connectivity index (χ2n) is 5.68. The zero-order chi connectivity index (χ0) is 17.5. The molecule has 0 atom stereocenters. The lowest BCUT2D eigenvalue weighted by Crippen LogP contribution is -2.30. The molecule has 1 N–H and O–H groups in total. The van der Waals surface area contributed by atoms with Gasteiger partial charge in [-0.15, -0.1) is 0 Å². The number of esters is 1. The van der Waals surface area contributed by atoms with Crippen molar-refractivity contribution in [2.24, 2.45) is 0 Å². The maximum atomic E-state index is 12.8. The lowest BCUT2D eigenvalue weighted by Gasteiger charge is -2.08. The summed E-state index contributed by atoms with van der Waals surface area (Å²) in [6, 6.07) is 11.5. The molecular formula is C19H20FNO3. The van der Waals surface area contributed by atoms with E-state index in [1.54, 1.807) is 24.3 Å². The molecule has 0 heterocycles. The van der Waals surface area contributed by atoms with Crippen LogP contribution in [0.4, 0.5) is 4.39 Å². The van der Waals surface area contributed by atoms with Gasteiger partial charge in [-0.05, 0) is 50.1 Å². The van der Waals surface area contributed by atoms with Crippen LogP contribution < -0.4 is 5.32 Å². The summed E-state index contributed by atoms with van der Waals surface area (Å²) in [5.41, 5.74) is 3.28. The van der Waals surface area contributed by atoms with Crippen molar-refractivity contribution in [3.05, 3.63) is 70.5 Å². The summed E-state index contributed by atoms with van der Waals surface area (Å²) in [4.78, 5) is 23.7. The Labute approximate surface area is 140 Å². The van der Waals surface area contributed by atoms with Gasteiger partial charge in [0.25, 0.3) is 5.91 Å². The fraction of sp³-hybridized carbons (Fsp3) is 0.263. The first-order chi connectivity index (χ1) is 11.4. The van der Waals surface area contributed by atoms with Gasteiger partial charge < -0.3 is 10.1 Å². The van der Waals surface area contributed by atoms with E-state index < -0.39 is 5.97 Å². The molecule has 0 saturated heterocycles. The molecule has 0 bridgehead atoms. The second kappa shape index (κ2) is 8.24. The van der Waals surface area contributed by atoms with Crippen LogP contribution in [0.1, 0.15) is 27.0 Å². The Morgan fingerprint density at radius 3 is 2.29 bits per heavy atom. The van der Waals surface area contributed by atoms with Crippen LogP contribution in [0.2, 0.25) is 0 Å². The summed E-state index contributed by atoms with van der Waals surface area (Å²) in [7, 11) is 0. The van der Waals surface area contributed by atoms with Crippen molar-refractivity contribution < 1.29 is 18.7 Å². The molecule has 4 nitrogen and oxygen atoms in total. The highest BCUT2D eigenvalue weighted by atomic mass is 19.1. The molecule has 0 aliphatic rings. The Bertz CT molecular complexity index is 706. The second-order valence-corrected chi connectivity index (χ2v) is 5.68. The van der Waals surface area contributed by atoms with E-state index in [1.165, 1.54) is 12.1 Å². The van der Waals surface area contributed by atoms with Crippen LogP contribution in [0.5, 0.6) is 0 Å². The molecule has 1 amide bonds. The standard InChI is InChI=1S/C19H20FNO3/c1-13-9-14(2)11-16(10-13)19(23)24-12-18(22)21-8-7-15-3-5-17(20)6-4-15/h3-6,9-11H,7-8,12H2,1-2H3,(H,21,22). The van der Waals surface area contributed by atoms with Gasteiger partial charge in [0.15, 0.2) is 6.61 Å². The van der Waals surface area contributed by atoms with Crippen molar-refractivity contribution in [1.82, 2.24) is 5.32 Å². The van der Waals surface area contributed by atoms with Crippen LogP contribution in [0.15, 0.2) is 42.5 Å². The van der Waals surface area contributed by atoms with Crippen molar-refractivity contribution in [2.45, 2.75) is 20.3 Å². The molecule has 0 fully saturated rings. The van der Waals surface area contributed by atoms with Crippen molar-refractivity contribution in [3.63, 3.8) is 0 Å². The minimum absolute atomic E-state index is 0.291. The van der Waals surface area contributed by atoms with E-state index in [9.17, 15) is 14.0 Å². The summed E-state index contributed by atoms with van der Waals surface area (Å²) in [5, 5.41) is 2.67. The summed E-state index contributed by atoms with van der Waals surface area (Å²) in [6.07, 6.45) is 0.580. The van der Waals surface area contributed by atoms with Crippen molar-refractivity contribution in [1.29, 1.82) is 0 Å². The average Bonchev–Trinajstić information content (AvgIpc) is 2.53. The number of nitrogens with one attached hydrogen (secondary N) is 1. The number of carbonyl (C=O) groups excluding carboxylic acids is 2. The Hall–Kier alpha value is -2.69. The van der Waals surface area contributed by atoms with Crippen molar-refractivity contribution in [3.8, 4) is 0 Å². The Balaban J connectivity index is 1.74. The van der Waals surface area contributed by atoms with Crippen LogP contribution in [-0.2, 0) is 16.0 Å². The molecule has 0 aliphatic heterocycles. The number of aryl methyl sites for hydroxylation is 2. The average molecular weight is 329 g/mol. The number of rotatable bonds is 6. The third-order valence-electron chi connectivity index (χ3n) is 3.44. The Kier molecular flexibility index (Phi) is 6.07. The highest BCUT2D eigenvalue weighted by Gasteiger charge is 2.10. The molecule has 0 radical (unpaired) electrons. The third-order valence-corrected chi connectivity index (χ3v) is 3.44. The molecule has 5 heteroatoms. The molecule has 0 saturated carbocycles. The largest absolute Gasteiger partial charge is 0.452 e. The Morgan fingerprint density at radius 2 is 1.67 bits per heavy atom. The number of amides is 1. The number of halogens is 1. The monoisotopic (exact) mass is 329 g/mol. The zero-order valence-electron chi connectivity index (χ0n) is 13.8. The van der Waals surface area contributed by atoms with E-state index in [0.717, 1.165) is 16.7 Å². The normalized spacial score (nSPS) is 10.3. The number of carbonyl (C=O) groups is 2. The SMILES string of the molecule is Cc1cc(C)cc(C(=O)OCC(=O)NCCc2ccc(F)cc2)c1. The molecule has 2 rings (SSSR count). The Morgan fingerprint density at radius 1 is 1.04 bits per heavy atom. The lowest BCUT2D eigenvalue weighted by atomic mass is 10.1. The number of hydrogen-bond donors (Lipinski definition) is 1. The van der Waals surface area contributed by atoms with Crippen LogP contribution in [-0.4, -0.2) is 25.0 Å². The topological polar surface area (TPSA) is 55.4 Å². The molecule has 24 heavy (non-hydrogen) atoms. The molecule has 0 aliphatic carbocycles. The van der Waals surface area contributed by atoms with Gasteiger partial charge in [-0.3, -0.25) is 4.79 Å². The molecule has 0 aromatic heterocycles. The van der Waals surface area contributed by atoms with E-state index >= 15 is 0 Å². The minimum Gasteiger partial charge on any atom is -0.452 e. The maximum Gasteiger partial charge on any atom is 0.338 e. The first-order valence-electron chi connectivity index (χ1n) is 7.70. The highest BCUT2D eigenvalue weighted by Crippen LogP contribution is 2.10. The summed E-state index contributed by atoms with van der Waals surface area (Å²) < 4.78 is 17.8. The van der Waals surface area contributed by atoms with Gasteiger partial charge in [-0.25, -0.2) is 9.18 Å². The fourth-order valence-electron chi connectivity index (χ4n) is 2.36. The number of ether oxygens (including phenoxy) is 1. The summed E-state index contributed by atoms with van der Waals surface area (Å²) in [6.45, 7) is 3.86. The first-order valence-corrected chi connectivity index (χ1v) is 7.70. The lowest BCUT2D eigenvalue weighted by molar-refractivity contribution is -0.124. The van der Waals surface area contributed by atoms with Crippen LogP contribution in [0.3, 0.4) is 0 Å². The van der Waals surface area contributed by atoms with Gasteiger partial charge in [-0.2, -0.15) is 0 Å². The summed E-state index contributed by atoms with van der Waals surface area (Å²) >= 11 is 0. The minimum atomic E-state index is -0.518. The van der Waals surface area contributed by atoms with Gasteiger partial charge in [-0.1, -0.05) is 29.3 Å². The van der Waals surface area contributed by atoms with E-state index in [2.05, 4.69) is 5.32 Å². The van der Waals surface area contributed by atoms with E-state index in [0.29, 0.717) is 18.5 Å². The van der Waals surface area contributed by atoms with E-state index in [1.807, 2.05) is 19.9 Å². The molecule has 2 aromatic carbocycles. The van der Waals surface area contributed by atoms with Crippen molar-refractivity contribution >= 4 is 11.9 Å². The summed E-state index contributed by atoms with van der Waals surface area (Å²) in [5.74, 6) is -1.17. The number of hydrogen-bond acceptors (Lipinski definition) is 3. The van der Waals surface area contributed by atoms with Crippen molar-refractivity contribution in [2.75, 3.05) is 13.2 Å². The molecule has 0 unspecified atom stereocenters. The van der Waals surface area contributed by atoms with E-state index in [4.69, 9.17) is 4.74 Å². The van der Waals surface area contributed by atoms with Gasteiger partial charge in [0.05, 0.1) is 5.56 Å². The maximum absolute atomic E-state index is 12.8. The predicted octanol–water partition coefficient (Wildman–Crippen LogP) is 2.96. The van der Waals surface area contributed by atoms with Gasteiger partial charge >= 0.3 is 5.97 Å². The first kappa shape index (κ1) is 17.7. The highest BCUT2D eigenvalue weighted by molar-refractivity contribution is 5.91. The van der Waals surface area contributed by atoms with Gasteiger partial charge in [0, 0.05) is 6.54 Å². The third kappa shape index (κ3) is 5.50. The smallest absolute Gasteiger partial charge is 0.338 e. The fourth-order valence-corrected chi connectivity index (χ4v) is 2.36. The molecule has 0 spiro atoms. The quantitative estimate of drug-likeness (QED) is 0.829. The molecule has 2 aromatic rings. The van der Waals surface area contributed by atoms with Crippen LogP contribution in [0.25, 0.3) is 0 Å². The molecule has 126 valence electrons. The zero-order valence-corrected chi connectivity index (χ0v) is 13.8.